The lowest BCUT2D eigenvalue weighted by Crippen LogP contribution is -2.40. The molecule has 0 amide bonds. The maximum Gasteiger partial charge on any atom is 0.337 e. The maximum atomic E-state index is 13.5. The average molecular weight is 608 g/mol. The number of ether oxygens (including phenoxy) is 1. The summed E-state index contributed by atoms with van der Waals surface area (Å²) in [4.78, 5) is 32.0. The van der Waals surface area contributed by atoms with Crippen LogP contribution in [0.3, 0.4) is 0 Å². The summed E-state index contributed by atoms with van der Waals surface area (Å²) >= 11 is 12.4. The highest BCUT2D eigenvalue weighted by Gasteiger charge is 2.39. The van der Waals surface area contributed by atoms with Gasteiger partial charge in [-0.3, -0.25) is 19.7 Å². The van der Waals surface area contributed by atoms with Crippen LogP contribution < -0.4 is 5.32 Å². The number of carbonyl (C=O) groups excluding carboxylic acids is 1. The van der Waals surface area contributed by atoms with E-state index in [9.17, 15) is 18.4 Å². The van der Waals surface area contributed by atoms with Crippen LogP contribution in [0.4, 0.5) is 8.78 Å². The molecular formula is C26H34Cl2F2N4O4S. The molecule has 8 nitrogen and oxygen atoms in total. The highest BCUT2D eigenvalue weighted by Crippen LogP contribution is 2.28. The van der Waals surface area contributed by atoms with Gasteiger partial charge in [0.15, 0.2) is 5.84 Å². The van der Waals surface area contributed by atoms with E-state index in [4.69, 9.17) is 33.0 Å². The topological polar surface area (TPSA) is 104 Å². The Morgan fingerprint density at radius 1 is 1.36 bits per heavy atom. The summed E-state index contributed by atoms with van der Waals surface area (Å²) in [7, 11) is 1.63. The van der Waals surface area contributed by atoms with Gasteiger partial charge in [0.05, 0.1) is 31.2 Å². The quantitative estimate of drug-likeness (QED) is 0.230. The molecule has 0 radical (unpaired) electrons. The third-order valence-corrected chi connectivity index (χ3v) is 6.30. The van der Waals surface area contributed by atoms with E-state index in [0.717, 1.165) is 0 Å². The minimum absolute atomic E-state index is 0.122. The van der Waals surface area contributed by atoms with Gasteiger partial charge in [-0.2, -0.15) is 0 Å². The van der Waals surface area contributed by atoms with E-state index in [1.165, 1.54) is 11.8 Å². The highest BCUT2D eigenvalue weighted by molar-refractivity contribution is 8.18. The molecule has 0 spiro atoms. The smallest absolute Gasteiger partial charge is 0.337 e. The molecule has 13 heteroatoms. The van der Waals surface area contributed by atoms with Crippen LogP contribution in [0.5, 0.6) is 0 Å². The van der Waals surface area contributed by atoms with Crippen LogP contribution in [0.25, 0.3) is 0 Å². The zero-order valence-corrected chi connectivity index (χ0v) is 24.7. The molecule has 0 saturated carbocycles. The van der Waals surface area contributed by atoms with Crippen molar-refractivity contribution in [2.45, 2.75) is 33.1 Å². The molecule has 1 aromatic carbocycles. The lowest BCUT2D eigenvalue weighted by molar-refractivity contribution is -0.140. The van der Waals surface area contributed by atoms with Crippen LogP contribution in [-0.2, 0) is 14.3 Å². The number of alkyl halides is 2. The largest absolute Gasteiger partial charge is 0.481 e. The number of esters is 1. The van der Waals surface area contributed by atoms with Crippen LogP contribution in [0.15, 0.2) is 57.5 Å². The molecule has 3 rings (SSSR count). The molecule has 2 aliphatic heterocycles. The third kappa shape index (κ3) is 13.0. The second-order valence-corrected chi connectivity index (χ2v) is 10.4. The van der Waals surface area contributed by atoms with Gasteiger partial charge in [0, 0.05) is 42.3 Å². The number of aliphatic imine (C=N–C) groups is 2. The van der Waals surface area contributed by atoms with Gasteiger partial charge < -0.3 is 15.2 Å². The number of benzene rings is 1. The van der Waals surface area contributed by atoms with Crippen molar-refractivity contribution in [3.63, 3.8) is 0 Å². The zero-order valence-electron chi connectivity index (χ0n) is 22.3. The van der Waals surface area contributed by atoms with Crippen LogP contribution >= 0.6 is 35.0 Å². The Morgan fingerprint density at radius 2 is 1.97 bits per heavy atom. The van der Waals surface area contributed by atoms with Crippen LogP contribution in [0, 0.1) is 5.92 Å². The SMILES string of the molecule is C=CSC(=NC)C1=NCC(C(=O)OCC)=C(CN2CCC(F)(F)C2)N1.CC(C)C(=O)O.Clc1cccc(Cl)c1. The number of carboxylic acids is 1. The first-order chi connectivity index (χ1) is 18.3. The Morgan fingerprint density at radius 3 is 2.38 bits per heavy atom. The van der Waals surface area contributed by atoms with Crippen molar-refractivity contribution in [3.8, 4) is 0 Å². The second-order valence-electron chi connectivity index (χ2n) is 8.53. The molecule has 1 fully saturated rings. The summed E-state index contributed by atoms with van der Waals surface area (Å²) in [5, 5.41) is 14.7. The monoisotopic (exact) mass is 606 g/mol. The van der Waals surface area contributed by atoms with Crippen LogP contribution in [0.1, 0.15) is 27.2 Å². The summed E-state index contributed by atoms with van der Waals surface area (Å²) in [6.45, 7) is 9.17. The number of nitrogens with one attached hydrogen (secondary N) is 1. The van der Waals surface area contributed by atoms with Crippen molar-refractivity contribution in [2.24, 2.45) is 15.9 Å². The van der Waals surface area contributed by atoms with E-state index < -0.39 is 17.9 Å². The first kappa shape index (κ1) is 34.6. The fourth-order valence-corrected chi connectivity index (χ4v) is 4.02. The molecule has 2 N–H and O–H groups in total. The summed E-state index contributed by atoms with van der Waals surface area (Å²) in [5.41, 5.74) is 0.895. The lowest BCUT2D eigenvalue weighted by Gasteiger charge is -2.25. The first-order valence-corrected chi connectivity index (χ1v) is 13.7. The Bertz CT molecular complexity index is 1080. The van der Waals surface area contributed by atoms with Gasteiger partial charge in [0.2, 0.25) is 0 Å². The molecule has 2 aliphatic rings. The normalized spacial score (nSPS) is 16.7. The number of nitrogens with zero attached hydrogens (tertiary/aromatic N) is 3. The lowest BCUT2D eigenvalue weighted by atomic mass is 10.1. The van der Waals surface area contributed by atoms with Crippen molar-refractivity contribution >= 4 is 57.8 Å². The number of carboxylic acid groups (broad SMARTS) is 1. The number of hydrogen-bond donors (Lipinski definition) is 2. The van der Waals surface area contributed by atoms with Gasteiger partial charge in [-0.1, -0.05) is 61.5 Å². The molecule has 1 aromatic rings. The van der Waals surface area contributed by atoms with Crippen LogP contribution in [0.2, 0.25) is 10.0 Å². The number of carbonyl (C=O) groups is 2. The highest BCUT2D eigenvalue weighted by atomic mass is 35.5. The third-order valence-electron chi connectivity index (χ3n) is 5.06. The fourth-order valence-electron chi connectivity index (χ4n) is 3.09. The van der Waals surface area contributed by atoms with Gasteiger partial charge in [-0.05, 0) is 30.5 Å². The standard InChI is InChI=1S/C16H22F2N4O2S.C6H4Cl2.C4H8O2/c1-4-24-15(23)11-8-20-13(14(19-3)25-5-2)21-12(11)9-22-7-6-16(17,18)10-22;7-5-2-1-3-6(8)4-5;1-3(2)4(5)6/h5H,2,4,6-10H2,1,3H3,(H,20,21);1-4H;3H,1-2H3,(H,5,6). The minimum Gasteiger partial charge on any atom is -0.481 e. The van der Waals surface area contributed by atoms with E-state index in [1.54, 1.807) is 56.3 Å². The second kappa shape index (κ2) is 17.3. The molecule has 216 valence electrons. The predicted octanol–water partition coefficient (Wildman–Crippen LogP) is 5.77. The van der Waals surface area contributed by atoms with E-state index >= 15 is 0 Å². The fraction of sp³-hybridized carbons (Fsp3) is 0.462. The van der Waals surface area contributed by atoms with Gasteiger partial charge >= 0.3 is 11.9 Å². The predicted molar refractivity (Wildman–Crippen MR) is 155 cm³/mol. The van der Waals surface area contributed by atoms with Crippen molar-refractivity contribution in [2.75, 3.05) is 39.8 Å². The number of likely N-dealkylation sites (tertiary alicyclic amines) is 1. The number of rotatable bonds is 7. The van der Waals surface area contributed by atoms with Crippen molar-refractivity contribution < 1.29 is 28.2 Å². The van der Waals surface area contributed by atoms with E-state index in [0.29, 0.717) is 32.2 Å². The van der Waals surface area contributed by atoms with E-state index in [2.05, 4.69) is 21.9 Å². The van der Waals surface area contributed by atoms with Gasteiger partial charge in [0.1, 0.15) is 5.04 Å². The molecule has 0 atom stereocenters. The van der Waals surface area contributed by atoms with Crippen LogP contribution in [-0.4, -0.2) is 78.6 Å². The average Bonchev–Trinajstić information content (AvgIpc) is 3.21. The molecule has 39 heavy (non-hydrogen) atoms. The number of thioether (sulfide) groups is 1. The summed E-state index contributed by atoms with van der Waals surface area (Å²) in [5.74, 6) is -3.64. The van der Waals surface area contributed by atoms with Gasteiger partial charge in [-0.25, -0.2) is 13.6 Å². The Kier molecular flexibility index (Phi) is 15.3. The minimum atomic E-state index is -2.69. The summed E-state index contributed by atoms with van der Waals surface area (Å²) in [6, 6.07) is 7.08. The van der Waals surface area contributed by atoms with Crippen molar-refractivity contribution in [3.05, 3.63) is 57.6 Å². The van der Waals surface area contributed by atoms with E-state index in [1.807, 2.05) is 6.07 Å². The molecule has 0 aromatic heterocycles. The molecule has 0 bridgehead atoms. The number of amidine groups is 1. The zero-order chi connectivity index (χ0) is 29.6. The molecule has 0 aliphatic carbocycles. The summed E-state index contributed by atoms with van der Waals surface area (Å²) < 4.78 is 32.0. The molecule has 1 saturated heterocycles. The number of hydrogen-bond acceptors (Lipinski definition) is 8. The van der Waals surface area contributed by atoms with Crippen molar-refractivity contribution in [1.82, 2.24) is 10.2 Å². The number of aliphatic carboxylic acids is 1. The first-order valence-electron chi connectivity index (χ1n) is 12.0. The van der Waals surface area contributed by atoms with Gasteiger partial charge in [0.25, 0.3) is 5.92 Å². The van der Waals surface area contributed by atoms with Crippen molar-refractivity contribution in [1.29, 1.82) is 0 Å². The summed E-state index contributed by atoms with van der Waals surface area (Å²) in [6.07, 6.45) is -0.177. The Labute approximate surface area is 242 Å². The molecule has 2 heterocycles. The Hall–Kier alpha value is -2.47. The Balaban J connectivity index is 0.000000442. The maximum absolute atomic E-state index is 13.5. The molecular weight excluding hydrogens is 573 g/mol. The molecule has 0 unspecified atom stereocenters. The van der Waals surface area contributed by atoms with Gasteiger partial charge in [-0.15, -0.1) is 0 Å². The van der Waals surface area contributed by atoms with E-state index in [-0.39, 0.29) is 45.1 Å². The number of halogens is 4.